The maximum absolute atomic E-state index is 12.5. The lowest BCUT2D eigenvalue weighted by molar-refractivity contribution is -0.116. The summed E-state index contributed by atoms with van der Waals surface area (Å²) in [4.78, 5) is 19.0. The van der Waals surface area contributed by atoms with Gasteiger partial charge in [0.25, 0.3) is 0 Å². The zero-order valence-corrected chi connectivity index (χ0v) is 18.4. The minimum atomic E-state index is -2.94. The van der Waals surface area contributed by atoms with Crippen LogP contribution in [0.2, 0.25) is 0 Å². The fourth-order valence-electron chi connectivity index (χ4n) is 3.46. The van der Waals surface area contributed by atoms with Crippen LogP contribution in [0.4, 0.5) is 14.6 Å². The highest BCUT2D eigenvalue weighted by Crippen LogP contribution is 2.30. The summed E-state index contributed by atoms with van der Waals surface area (Å²) in [7, 11) is 0. The van der Waals surface area contributed by atoms with Gasteiger partial charge in [0.2, 0.25) is 5.91 Å². The van der Waals surface area contributed by atoms with Crippen LogP contribution in [-0.4, -0.2) is 37.2 Å². The van der Waals surface area contributed by atoms with E-state index in [1.165, 1.54) is 25.0 Å². The Morgan fingerprint density at radius 3 is 2.69 bits per heavy atom. The third-order valence-corrected chi connectivity index (χ3v) is 5.29. The van der Waals surface area contributed by atoms with E-state index in [0.717, 1.165) is 30.4 Å². The SMILES string of the molecule is CCOc1cc(C=CC(=O)NCc2ccc(N3CCC(C)CC3)nc2)ccc1OC(F)F. The van der Waals surface area contributed by atoms with Crippen molar-refractivity contribution in [2.45, 2.75) is 39.8 Å². The van der Waals surface area contributed by atoms with Crippen LogP contribution in [0.3, 0.4) is 0 Å². The number of amides is 1. The van der Waals surface area contributed by atoms with Crippen LogP contribution in [0.5, 0.6) is 11.5 Å². The Balaban J connectivity index is 1.52. The first-order chi connectivity index (χ1) is 15.4. The lowest BCUT2D eigenvalue weighted by Crippen LogP contribution is -2.33. The van der Waals surface area contributed by atoms with Gasteiger partial charge in [-0.15, -0.1) is 0 Å². The predicted octanol–water partition coefficient (Wildman–Crippen LogP) is 4.65. The minimum Gasteiger partial charge on any atom is -0.490 e. The molecule has 1 saturated heterocycles. The summed E-state index contributed by atoms with van der Waals surface area (Å²) in [6.07, 6.45) is 7.12. The Kier molecular flexibility index (Phi) is 8.41. The van der Waals surface area contributed by atoms with Crippen LogP contribution in [0.1, 0.15) is 37.8 Å². The molecule has 1 aromatic heterocycles. The van der Waals surface area contributed by atoms with Gasteiger partial charge in [0.05, 0.1) is 6.61 Å². The summed E-state index contributed by atoms with van der Waals surface area (Å²) >= 11 is 0. The molecule has 6 nitrogen and oxygen atoms in total. The Labute approximate surface area is 187 Å². The van der Waals surface area contributed by atoms with Crippen LogP contribution in [0.15, 0.2) is 42.6 Å². The quantitative estimate of drug-likeness (QED) is 0.570. The van der Waals surface area contributed by atoms with Gasteiger partial charge in [0.15, 0.2) is 11.5 Å². The van der Waals surface area contributed by atoms with E-state index >= 15 is 0 Å². The van der Waals surface area contributed by atoms with E-state index in [9.17, 15) is 13.6 Å². The van der Waals surface area contributed by atoms with Crippen LogP contribution in [-0.2, 0) is 11.3 Å². The van der Waals surface area contributed by atoms with Crippen molar-refractivity contribution in [2.75, 3.05) is 24.6 Å². The Morgan fingerprint density at radius 2 is 2.03 bits per heavy atom. The van der Waals surface area contributed by atoms with Gasteiger partial charge in [-0.3, -0.25) is 4.79 Å². The van der Waals surface area contributed by atoms with Crippen LogP contribution in [0, 0.1) is 5.92 Å². The number of carbonyl (C=O) groups is 1. The van der Waals surface area contributed by atoms with Gasteiger partial charge in [-0.1, -0.05) is 19.1 Å². The van der Waals surface area contributed by atoms with Crippen molar-refractivity contribution < 1.29 is 23.0 Å². The summed E-state index contributed by atoms with van der Waals surface area (Å²) < 4.78 is 34.8. The van der Waals surface area contributed by atoms with Crippen molar-refractivity contribution in [3.63, 3.8) is 0 Å². The molecule has 0 atom stereocenters. The Bertz CT molecular complexity index is 911. The molecule has 1 aliphatic rings. The highest BCUT2D eigenvalue weighted by molar-refractivity contribution is 5.91. The van der Waals surface area contributed by atoms with E-state index in [1.54, 1.807) is 31.3 Å². The average Bonchev–Trinajstić information content (AvgIpc) is 2.78. The molecule has 2 heterocycles. The number of pyridine rings is 1. The number of hydrogen-bond donors (Lipinski definition) is 1. The molecule has 0 radical (unpaired) electrons. The molecule has 1 N–H and O–H groups in total. The van der Waals surface area contributed by atoms with E-state index in [-0.39, 0.29) is 17.4 Å². The number of benzene rings is 1. The molecule has 1 aromatic carbocycles. The number of alkyl halides is 2. The van der Waals surface area contributed by atoms with E-state index in [1.807, 2.05) is 12.1 Å². The van der Waals surface area contributed by atoms with E-state index < -0.39 is 6.61 Å². The lowest BCUT2D eigenvalue weighted by atomic mass is 9.99. The highest BCUT2D eigenvalue weighted by Gasteiger charge is 2.16. The van der Waals surface area contributed by atoms with Crippen molar-refractivity contribution in [1.82, 2.24) is 10.3 Å². The molecule has 1 amide bonds. The normalized spacial score (nSPS) is 14.7. The molecular formula is C24H29F2N3O3. The molecule has 0 bridgehead atoms. The molecule has 8 heteroatoms. The van der Waals surface area contributed by atoms with Crippen LogP contribution >= 0.6 is 0 Å². The number of anilines is 1. The number of piperidine rings is 1. The summed E-state index contributed by atoms with van der Waals surface area (Å²) in [5.74, 6) is 1.62. The largest absolute Gasteiger partial charge is 0.490 e. The van der Waals surface area contributed by atoms with Gasteiger partial charge in [0, 0.05) is 31.9 Å². The maximum atomic E-state index is 12.5. The standard InChI is InChI=1S/C24H29F2N3O3/c1-3-31-21-14-18(4-7-20(21)32-24(25)26)6-9-23(30)28-16-19-5-8-22(27-15-19)29-12-10-17(2)11-13-29/h4-9,14-15,17,24H,3,10-13,16H2,1-2H3,(H,28,30). The van der Waals surface area contributed by atoms with Crippen molar-refractivity contribution in [1.29, 1.82) is 0 Å². The molecule has 32 heavy (non-hydrogen) atoms. The monoisotopic (exact) mass is 445 g/mol. The molecule has 0 saturated carbocycles. The molecule has 0 aliphatic carbocycles. The zero-order chi connectivity index (χ0) is 22.9. The van der Waals surface area contributed by atoms with Crippen molar-refractivity contribution >= 4 is 17.8 Å². The summed E-state index contributed by atoms with van der Waals surface area (Å²) in [5, 5.41) is 2.82. The number of halogens is 2. The topological polar surface area (TPSA) is 63.7 Å². The van der Waals surface area contributed by atoms with Crippen LogP contribution in [0.25, 0.3) is 6.08 Å². The average molecular weight is 446 g/mol. The van der Waals surface area contributed by atoms with E-state index in [2.05, 4.69) is 26.9 Å². The van der Waals surface area contributed by atoms with E-state index in [0.29, 0.717) is 18.7 Å². The van der Waals surface area contributed by atoms with Crippen molar-refractivity contribution in [3.8, 4) is 11.5 Å². The fourth-order valence-corrected chi connectivity index (χ4v) is 3.46. The first-order valence-electron chi connectivity index (χ1n) is 10.8. The van der Waals surface area contributed by atoms with Crippen molar-refractivity contribution in [2.24, 2.45) is 5.92 Å². The van der Waals surface area contributed by atoms with Gasteiger partial charge in [-0.2, -0.15) is 8.78 Å². The summed E-state index contributed by atoms with van der Waals surface area (Å²) in [6.45, 7) is 3.80. The number of hydrogen-bond acceptors (Lipinski definition) is 5. The maximum Gasteiger partial charge on any atom is 0.387 e. The number of nitrogens with one attached hydrogen (secondary N) is 1. The predicted molar refractivity (Wildman–Crippen MR) is 120 cm³/mol. The Morgan fingerprint density at radius 1 is 1.25 bits per heavy atom. The molecule has 1 aliphatic heterocycles. The molecular weight excluding hydrogens is 416 g/mol. The summed E-state index contributed by atoms with van der Waals surface area (Å²) in [5.41, 5.74) is 1.54. The number of carbonyl (C=O) groups excluding carboxylic acids is 1. The number of nitrogens with zero attached hydrogens (tertiary/aromatic N) is 2. The summed E-state index contributed by atoms with van der Waals surface area (Å²) in [6, 6.07) is 8.49. The van der Waals surface area contributed by atoms with Gasteiger partial charge in [-0.25, -0.2) is 4.98 Å². The third-order valence-electron chi connectivity index (χ3n) is 5.29. The molecule has 3 rings (SSSR count). The second kappa shape index (κ2) is 11.5. The van der Waals surface area contributed by atoms with E-state index in [4.69, 9.17) is 4.74 Å². The highest BCUT2D eigenvalue weighted by atomic mass is 19.3. The fraction of sp³-hybridized carbons (Fsp3) is 0.417. The number of rotatable bonds is 9. The molecule has 1 fully saturated rings. The molecule has 172 valence electrons. The first kappa shape index (κ1) is 23.5. The molecule has 0 unspecified atom stereocenters. The zero-order valence-electron chi connectivity index (χ0n) is 18.4. The van der Waals surface area contributed by atoms with Gasteiger partial charge < -0.3 is 19.7 Å². The van der Waals surface area contributed by atoms with Gasteiger partial charge in [-0.05, 0) is 61.1 Å². The Hall–Kier alpha value is -3.16. The lowest BCUT2D eigenvalue weighted by Gasteiger charge is -2.31. The second-order valence-electron chi connectivity index (χ2n) is 7.76. The minimum absolute atomic E-state index is 0.0431. The van der Waals surface area contributed by atoms with Gasteiger partial charge >= 0.3 is 6.61 Å². The third kappa shape index (κ3) is 6.93. The number of ether oxygens (including phenoxy) is 2. The number of aromatic nitrogens is 1. The van der Waals surface area contributed by atoms with Gasteiger partial charge in [0.1, 0.15) is 5.82 Å². The van der Waals surface area contributed by atoms with Crippen LogP contribution < -0.4 is 19.7 Å². The second-order valence-corrected chi connectivity index (χ2v) is 7.76. The first-order valence-corrected chi connectivity index (χ1v) is 10.8. The van der Waals surface area contributed by atoms with Crippen molar-refractivity contribution in [3.05, 3.63) is 53.7 Å². The molecule has 0 spiro atoms. The smallest absolute Gasteiger partial charge is 0.387 e. The molecule has 2 aromatic rings.